The molecule has 0 aliphatic carbocycles. The van der Waals surface area contributed by atoms with Gasteiger partial charge in [-0.3, -0.25) is 9.20 Å². The molecule has 1 aliphatic rings. The summed E-state index contributed by atoms with van der Waals surface area (Å²) in [6.45, 7) is 2.19. The summed E-state index contributed by atoms with van der Waals surface area (Å²) in [6.07, 6.45) is 1.85. The number of pyridine rings is 1. The molecule has 1 N–H and O–H groups in total. The van der Waals surface area contributed by atoms with Gasteiger partial charge in [0, 0.05) is 6.20 Å². The van der Waals surface area contributed by atoms with E-state index in [1.54, 1.807) is 7.11 Å². The van der Waals surface area contributed by atoms with Gasteiger partial charge < -0.3 is 14.2 Å². The maximum absolute atomic E-state index is 11.2. The number of benzene rings is 1. The van der Waals surface area contributed by atoms with Gasteiger partial charge in [0.1, 0.15) is 18.1 Å². The summed E-state index contributed by atoms with van der Waals surface area (Å²) in [5.41, 5.74) is 5.50. The van der Waals surface area contributed by atoms with Crippen LogP contribution in [0.2, 0.25) is 0 Å². The SMILES string of the molecule is COc1ccc(COc2cccn3c(C4=NNC(=O)CO4)c(C)nc23)cc1. The van der Waals surface area contributed by atoms with E-state index < -0.39 is 0 Å². The average Bonchev–Trinajstić information content (AvgIpc) is 3.04. The fourth-order valence-corrected chi connectivity index (χ4v) is 2.84. The van der Waals surface area contributed by atoms with Crippen molar-refractivity contribution in [1.29, 1.82) is 0 Å². The molecule has 2 aromatic heterocycles. The molecule has 1 amide bonds. The Hall–Kier alpha value is -3.55. The molecule has 0 saturated carbocycles. The minimum Gasteiger partial charge on any atom is -0.497 e. The Labute approximate surface area is 155 Å². The van der Waals surface area contributed by atoms with Crippen molar-refractivity contribution in [1.82, 2.24) is 14.8 Å². The second kappa shape index (κ2) is 6.99. The van der Waals surface area contributed by atoms with E-state index in [1.807, 2.05) is 53.9 Å². The van der Waals surface area contributed by atoms with Crippen molar-refractivity contribution in [3.63, 3.8) is 0 Å². The molecule has 3 aromatic rings. The number of rotatable bonds is 5. The number of amides is 1. The molecule has 1 aromatic carbocycles. The van der Waals surface area contributed by atoms with Crippen LogP contribution in [0.1, 0.15) is 17.0 Å². The van der Waals surface area contributed by atoms with Crippen LogP contribution in [0.4, 0.5) is 0 Å². The quantitative estimate of drug-likeness (QED) is 0.747. The fourth-order valence-electron chi connectivity index (χ4n) is 2.84. The summed E-state index contributed by atoms with van der Waals surface area (Å²) in [5.74, 6) is 1.48. The van der Waals surface area contributed by atoms with Crippen molar-refractivity contribution in [2.24, 2.45) is 5.10 Å². The summed E-state index contributed by atoms with van der Waals surface area (Å²) in [4.78, 5) is 15.8. The Bertz CT molecular complexity index is 1020. The number of carbonyl (C=O) groups excluding carboxylic acids is 1. The van der Waals surface area contributed by atoms with Gasteiger partial charge in [-0.25, -0.2) is 10.4 Å². The van der Waals surface area contributed by atoms with Gasteiger partial charge in [0.2, 0.25) is 0 Å². The van der Waals surface area contributed by atoms with Gasteiger partial charge >= 0.3 is 0 Å². The Morgan fingerprint density at radius 1 is 1.26 bits per heavy atom. The number of nitrogens with one attached hydrogen (secondary N) is 1. The topological polar surface area (TPSA) is 86.5 Å². The van der Waals surface area contributed by atoms with Crippen molar-refractivity contribution in [2.45, 2.75) is 13.5 Å². The minimum atomic E-state index is -0.284. The van der Waals surface area contributed by atoms with Crippen LogP contribution in [0.5, 0.6) is 11.5 Å². The lowest BCUT2D eigenvalue weighted by Gasteiger charge is -2.14. The highest BCUT2D eigenvalue weighted by atomic mass is 16.5. The zero-order valence-corrected chi connectivity index (χ0v) is 14.9. The van der Waals surface area contributed by atoms with Crippen LogP contribution in [-0.4, -0.2) is 34.9 Å². The van der Waals surface area contributed by atoms with E-state index in [4.69, 9.17) is 14.2 Å². The first-order valence-corrected chi connectivity index (χ1v) is 8.39. The molecule has 0 radical (unpaired) electrons. The number of aromatic nitrogens is 2. The van der Waals surface area contributed by atoms with Crippen molar-refractivity contribution in [2.75, 3.05) is 13.7 Å². The molecule has 0 atom stereocenters. The van der Waals surface area contributed by atoms with Gasteiger partial charge in [0.15, 0.2) is 18.0 Å². The summed E-state index contributed by atoms with van der Waals surface area (Å²) in [5, 5.41) is 3.98. The monoisotopic (exact) mass is 366 g/mol. The highest BCUT2D eigenvalue weighted by Crippen LogP contribution is 2.24. The van der Waals surface area contributed by atoms with Crippen LogP contribution < -0.4 is 14.9 Å². The van der Waals surface area contributed by atoms with Gasteiger partial charge in [-0.05, 0) is 36.8 Å². The number of imidazole rings is 1. The van der Waals surface area contributed by atoms with Crippen molar-refractivity contribution in [3.05, 3.63) is 59.5 Å². The molecule has 4 rings (SSSR count). The Morgan fingerprint density at radius 2 is 2.07 bits per heavy atom. The first-order chi connectivity index (χ1) is 13.2. The van der Waals surface area contributed by atoms with Crippen LogP contribution in [-0.2, 0) is 16.1 Å². The molecular weight excluding hydrogens is 348 g/mol. The molecule has 0 fully saturated rings. The largest absolute Gasteiger partial charge is 0.497 e. The van der Waals surface area contributed by atoms with E-state index in [-0.39, 0.29) is 12.5 Å². The number of hydrazone groups is 1. The fraction of sp³-hybridized carbons (Fsp3) is 0.211. The number of carbonyl (C=O) groups is 1. The number of aryl methyl sites for hydroxylation is 1. The van der Waals surface area contributed by atoms with Crippen LogP contribution in [0.25, 0.3) is 5.65 Å². The molecule has 0 bridgehead atoms. The zero-order valence-electron chi connectivity index (χ0n) is 14.9. The number of fused-ring (bicyclic) bond motifs is 1. The number of ether oxygens (including phenoxy) is 3. The average molecular weight is 366 g/mol. The summed E-state index contributed by atoms with van der Waals surface area (Å²) in [7, 11) is 1.64. The molecule has 8 heteroatoms. The highest BCUT2D eigenvalue weighted by Gasteiger charge is 2.22. The summed E-state index contributed by atoms with van der Waals surface area (Å²) >= 11 is 0. The van der Waals surface area contributed by atoms with E-state index in [1.165, 1.54) is 0 Å². The first kappa shape index (κ1) is 16.9. The molecule has 8 nitrogen and oxygen atoms in total. The molecule has 0 unspecified atom stereocenters. The van der Waals surface area contributed by atoms with Gasteiger partial charge in [-0.1, -0.05) is 12.1 Å². The Balaban J connectivity index is 1.62. The molecule has 0 saturated heterocycles. The first-order valence-electron chi connectivity index (χ1n) is 8.39. The van der Waals surface area contributed by atoms with E-state index >= 15 is 0 Å². The van der Waals surface area contributed by atoms with E-state index in [0.29, 0.717) is 29.6 Å². The second-order valence-electron chi connectivity index (χ2n) is 5.99. The molecule has 0 spiro atoms. The third-order valence-electron chi connectivity index (χ3n) is 4.17. The molecular formula is C19H18N4O4. The standard InChI is InChI=1S/C19H18N4O4/c1-12-17(19-22-21-16(24)11-27-19)23-9-3-4-15(18(23)20-12)26-10-13-5-7-14(25-2)8-6-13/h3-9H,10-11H2,1-2H3,(H,21,24). The number of nitrogens with zero attached hydrogens (tertiary/aromatic N) is 3. The van der Waals surface area contributed by atoms with Crippen LogP contribution >= 0.6 is 0 Å². The zero-order chi connectivity index (χ0) is 18.8. The van der Waals surface area contributed by atoms with Crippen molar-refractivity contribution >= 4 is 17.5 Å². The molecule has 1 aliphatic heterocycles. The Morgan fingerprint density at radius 3 is 2.78 bits per heavy atom. The lowest BCUT2D eigenvalue weighted by atomic mass is 10.2. The number of methoxy groups -OCH3 is 1. The minimum absolute atomic E-state index is 0.0703. The van der Waals surface area contributed by atoms with Crippen molar-refractivity contribution < 1.29 is 19.0 Å². The summed E-state index contributed by atoms with van der Waals surface area (Å²) in [6, 6.07) is 11.4. The van der Waals surface area contributed by atoms with Crippen LogP contribution in [0.3, 0.4) is 0 Å². The van der Waals surface area contributed by atoms with Crippen LogP contribution in [0, 0.1) is 6.92 Å². The maximum atomic E-state index is 11.2. The van der Waals surface area contributed by atoms with E-state index in [2.05, 4.69) is 15.5 Å². The highest BCUT2D eigenvalue weighted by molar-refractivity contribution is 5.98. The predicted molar refractivity (Wildman–Crippen MR) is 97.9 cm³/mol. The predicted octanol–water partition coefficient (Wildman–Crippen LogP) is 2.04. The molecule has 27 heavy (non-hydrogen) atoms. The smallest absolute Gasteiger partial charge is 0.278 e. The van der Waals surface area contributed by atoms with Gasteiger partial charge in [-0.2, -0.15) is 0 Å². The van der Waals surface area contributed by atoms with E-state index in [0.717, 1.165) is 17.0 Å². The van der Waals surface area contributed by atoms with Crippen molar-refractivity contribution in [3.8, 4) is 11.5 Å². The maximum Gasteiger partial charge on any atom is 0.278 e. The molecule has 3 heterocycles. The lowest BCUT2D eigenvalue weighted by Crippen LogP contribution is -2.32. The van der Waals surface area contributed by atoms with Gasteiger partial charge in [0.05, 0.1) is 12.8 Å². The van der Waals surface area contributed by atoms with Crippen LogP contribution in [0.15, 0.2) is 47.7 Å². The Kier molecular flexibility index (Phi) is 4.37. The van der Waals surface area contributed by atoms with E-state index in [9.17, 15) is 4.79 Å². The number of hydrogen-bond donors (Lipinski definition) is 1. The second-order valence-corrected chi connectivity index (χ2v) is 5.99. The third-order valence-corrected chi connectivity index (χ3v) is 4.17. The molecule has 138 valence electrons. The van der Waals surface area contributed by atoms with Gasteiger partial charge in [-0.15, -0.1) is 5.10 Å². The summed E-state index contributed by atoms with van der Waals surface area (Å²) < 4.78 is 18.4. The van der Waals surface area contributed by atoms with Gasteiger partial charge in [0.25, 0.3) is 11.8 Å². The third kappa shape index (κ3) is 3.29. The normalized spacial score (nSPS) is 13.7. The lowest BCUT2D eigenvalue weighted by molar-refractivity contribution is -0.124. The number of hydrogen-bond acceptors (Lipinski definition) is 6.